The molecular weight excluding hydrogens is 380 g/mol. The summed E-state index contributed by atoms with van der Waals surface area (Å²) in [5.41, 5.74) is 0.743. The van der Waals surface area contributed by atoms with Crippen LogP contribution in [0.5, 0.6) is 0 Å². The average molecular weight is 407 g/mol. The van der Waals surface area contributed by atoms with Crippen LogP contribution in [0.2, 0.25) is 0 Å². The molecule has 0 aromatic heterocycles. The monoisotopic (exact) mass is 406 g/mol. The van der Waals surface area contributed by atoms with Crippen molar-refractivity contribution in [3.8, 4) is 0 Å². The molecule has 1 unspecified atom stereocenters. The van der Waals surface area contributed by atoms with Crippen LogP contribution in [-0.2, 0) is 15.0 Å². The molecule has 1 aromatic carbocycles. The quantitative estimate of drug-likeness (QED) is 0.811. The van der Waals surface area contributed by atoms with Crippen LogP contribution in [0.4, 0.5) is 0 Å². The van der Waals surface area contributed by atoms with Crippen molar-refractivity contribution in [3.63, 3.8) is 0 Å². The summed E-state index contributed by atoms with van der Waals surface area (Å²) in [4.78, 5) is 27.6. The summed E-state index contributed by atoms with van der Waals surface area (Å²) in [6.45, 7) is 4.10. The molecule has 25 heavy (non-hydrogen) atoms. The first-order chi connectivity index (χ1) is 12.1. The lowest BCUT2D eigenvalue weighted by atomic mass is 9.63. The lowest BCUT2D eigenvalue weighted by Crippen LogP contribution is -2.55. The summed E-state index contributed by atoms with van der Waals surface area (Å²) in [6.07, 6.45) is 5.65. The van der Waals surface area contributed by atoms with Gasteiger partial charge in [0.05, 0.1) is 11.3 Å². The van der Waals surface area contributed by atoms with Crippen LogP contribution in [0.3, 0.4) is 0 Å². The van der Waals surface area contributed by atoms with Gasteiger partial charge in [-0.3, -0.25) is 9.59 Å². The molecule has 1 saturated heterocycles. The average Bonchev–Trinajstić information content (AvgIpc) is 2.60. The number of hydrogen-bond donors (Lipinski definition) is 1. The van der Waals surface area contributed by atoms with Gasteiger partial charge >= 0.3 is 0 Å². The number of amides is 2. The summed E-state index contributed by atoms with van der Waals surface area (Å²) in [5.74, 6) is 0.256. The van der Waals surface area contributed by atoms with Crippen molar-refractivity contribution >= 4 is 27.7 Å². The normalized spacial score (nSPS) is 22.2. The maximum Gasteiger partial charge on any atom is 0.233 e. The highest BCUT2D eigenvalue weighted by Gasteiger charge is 2.48. The molecule has 0 radical (unpaired) electrons. The van der Waals surface area contributed by atoms with Crippen molar-refractivity contribution in [3.05, 3.63) is 34.3 Å². The van der Waals surface area contributed by atoms with Gasteiger partial charge in [-0.2, -0.15) is 0 Å². The van der Waals surface area contributed by atoms with Crippen LogP contribution in [0.25, 0.3) is 0 Å². The van der Waals surface area contributed by atoms with E-state index in [-0.39, 0.29) is 23.1 Å². The molecule has 0 spiro atoms. The van der Waals surface area contributed by atoms with E-state index in [9.17, 15) is 9.59 Å². The second kappa shape index (κ2) is 7.90. The molecule has 1 heterocycles. The largest absolute Gasteiger partial charge is 0.356 e. The zero-order valence-electron chi connectivity index (χ0n) is 14.9. The fraction of sp³-hybridized carbons (Fsp3) is 0.600. The van der Waals surface area contributed by atoms with Crippen LogP contribution in [0.15, 0.2) is 28.7 Å². The minimum atomic E-state index is -0.373. The predicted molar refractivity (Wildman–Crippen MR) is 102 cm³/mol. The van der Waals surface area contributed by atoms with Gasteiger partial charge in [-0.25, -0.2) is 0 Å². The summed E-state index contributed by atoms with van der Waals surface area (Å²) in [7, 11) is 0. The Labute approximate surface area is 158 Å². The minimum absolute atomic E-state index is 0.0636. The SMILES string of the molecule is CCCNC(=O)C1CCCN(C(=O)C2(c3ccc(Br)cc3)CCC2)C1. The van der Waals surface area contributed by atoms with Gasteiger partial charge in [0, 0.05) is 24.1 Å². The second-order valence-electron chi connectivity index (χ2n) is 7.32. The Bertz CT molecular complexity index is 625. The molecule has 1 N–H and O–H groups in total. The van der Waals surface area contributed by atoms with Crippen molar-refractivity contribution in [2.75, 3.05) is 19.6 Å². The summed E-state index contributed by atoms with van der Waals surface area (Å²) < 4.78 is 1.03. The smallest absolute Gasteiger partial charge is 0.233 e. The maximum atomic E-state index is 13.4. The molecule has 4 nitrogen and oxygen atoms in total. The Balaban J connectivity index is 1.72. The molecule has 5 heteroatoms. The summed E-state index contributed by atoms with van der Waals surface area (Å²) >= 11 is 3.47. The highest BCUT2D eigenvalue weighted by Crippen LogP contribution is 2.46. The van der Waals surface area contributed by atoms with Gasteiger partial charge in [-0.15, -0.1) is 0 Å². The van der Waals surface area contributed by atoms with Crippen LogP contribution >= 0.6 is 15.9 Å². The van der Waals surface area contributed by atoms with Gasteiger partial charge in [-0.05, 0) is 49.8 Å². The van der Waals surface area contributed by atoms with Crippen molar-refractivity contribution in [2.45, 2.75) is 50.9 Å². The number of piperidine rings is 1. The van der Waals surface area contributed by atoms with Gasteiger partial charge in [-0.1, -0.05) is 41.4 Å². The van der Waals surface area contributed by atoms with Gasteiger partial charge in [0.2, 0.25) is 11.8 Å². The third-order valence-electron chi connectivity index (χ3n) is 5.64. The Morgan fingerprint density at radius 3 is 2.56 bits per heavy atom. The Kier molecular flexibility index (Phi) is 5.82. The van der Waals surface area contributed by atoms with Crippen molar-refractivity contribution in [2.24, 2.45) is 5.92 Å². The number of likely N-dealkylation sites (tertiary alicyclic amines) is 1. The van der Waals surface area contributed by atoms with Gasteiger partial charge < -0.3 is 10.2 Å². The van der Waals surface area contributed by atoms with Crippen molar-refractivity contribution in [1.29, 1.82) is 0 Å². The van der Waals surface area contributed by atoms with Gasteiger partial charge in [0.25, 0.3) is 0 Å². The first kappa shape index (κ1) is 18.4. The van der Waals surface area contributed by atoms with E-state index in [2.05, 4.69) is 40.3 Å². The van der Waals surface area contributed by atoms with Gasteiger partial charge in [0.15, 0.2) is 0 Å². The number of nitrogens with one attached hydrogen (secondary N) is 1. The van der Waals surface area contributed by atoms with Crippen LogP contribution in [0, 0.1) is 5.92 Å². The molecule has 1 saturated carbocycles. The number of carbonyl (C=O) groups excluding carboxylic acids is 2. The Morgan fingerprint density at radius 1 is 1.24 bits per heavy atom. The standard InChI is InChI=1S/C20H27BrN2O2/c1-2-12-22-18(24)15-5-3-13-23(14-15)19(25)20(10-4-11-20)16-6-8-17(21)9-7-16/h6-9,15H,2-5,10-14H2,1H3,(H,22,24). The van der Waals surface area contributed by atoms with Crippen molar-refractivity contribution in [1.82, 2.24) is 10.2 Å². The number of hydrogen-bond acceptors (Lipinski definition) is 2. The van der Waals surface area contributed by atoms with Crippen molar-refractivity contribution < 1.29 is 9.59 Å². The third kappa shape index (κ3) is 3.76. The molecule has 0 bridgehead atoms. The lowest BCUT2D eigenvalue weighted by Gasteiger charge is -2.45. The van der Waals surface area contributed by atoms with Crippen LogP contribution in [-0.4, -0.2) is 36.3 Å². The zero-order chi connectivity index (χ0) is 17.9. The van der Waals surface area contributed by atoms with E-state index in [1.165, 1.54) is 0 Å². The molecule has 136 valence electrons. The molecule has 1 aromatic rings. The van der Waals surface area contributed by atoms with E-state index in [4.69, 9.17) is 0 Å². The predicted octanol–water partition coefficient (Wildman–Crippen LogP) is 3.64. The summed E-state index contributed by atoms with van der Waals surface area (Å²) in [5, 5.41) is 2.98. The fourth-order valence-electron chi connectivity index (χ4n) is 4.00. The second-order valence-corrected chi connectivity index (χ2v) is 8.24. The molecule has 2 aliphatic rings. The summed E-state index contributed by atoms with van der Waals surface area (Å²) in [6, 6.07) is 8.16. The molecule has 1 atom stereocenters. The van der Waals surface area contributed by atoms with Crippen LogP contribution in [0.1, 0.15) is 51.0 Å². The van der Waals surface area contributed by atoms with E-state index in [1.807, 2.05) is 17.0 Å². The number of halogens is 1. The third-order valence-corrected chi connectivity index (χ3v) is 6.17. The molecule has 2 fully saturated rings. The molecule has 2 amide bonds. The number of rotatable bonds is 5. The number of benzene rings is 1. The van der Waals surface area contributed by atoms with E-state index < -0.39 is 0 Å². The van der Waals surface area contributed by atoms with E-state index in [0.717, 1.165) is 55.1 Å². The first-order valence-corrected chi connectivity index (χ1v) is 10.2. The molecule has 1 aliphatic carbocycles. The minimum Gasteiger partial charge on any atom is -0.356 e. The molecular formula is C20H27BrN2O2. The Hall–Kier alpha value is -1.36. The van der Waals surface area contributed by atoms with Crippen LogP contribution < -0.4 is 5.32 Å². The molecule has 1 aliphatic heterocycles. The zero-order valence-corrected chi connectivity index (χ0v) is 16.5. The highest BCUT2D eigenvalue weighted by atomic mass is 79.9. The first-order valence-electron chi connectivity index (χ1n) is 9.40. The Morgan fingerprint density at radius 2 is 1.96 bits per heavy atom. The van der Waals surface area contributed by atoms with Gasteiger partial charge in [0.1, 0.15) is 0 Å². The maximum absolute atomic E-state index is 13.4. The topological polar surface area (TPSA) is 49.4 Å². The lowest BCUT2D eigenvalue weighted by molar-refractivity contribution is -0.144. The van der Waals surface area contributed by atoms with E-state index in [1.54, 1.807) is 0 Å². The van der Waals surface area contributed by atoms with E-state index >= 15 is 0 Å². The fourth-order valence-corrected chi connectivity index (χ4v) is 4.26. The number of nitrogens with zero attached hydrogens (tertiary/aromatic N) is 1. The highest BCUT2D eigenvalue weighted by molar-refractivity contribution is 9.10. The molecule has 3 rings (SSSR count). The van der Waals surface area contributed by atoms with E-state index in [0.29, 0.717) is 13.1 Å². The number of carbonyl (C=O) groups is 2.